The number of rotatable bonds is 4. The second-order valence-electron chi connectivity index (χ2n) is 2.73. The third kappa shape index (κ3) is 12.2. The molecule has 0 saturated heterocycles. The smallest absolute Gasteiger partial charge is 0.0772 e. The summed E-state index contributed by atoms with van der Waals surface area (Å²) in [6.07, 6.45) is 13.3. The summed E-state index contributed by atoms with van der Waals surface area (Å²) in [5.41, 5.74) is 1.16. The van der Waals surface area contributed by atoms with E-state index in [1.54, 1.807) is 12.3 Å². The number of hydrogen-bond acceptors (Lipinski definition) is 2. The van der Waals surface area contributed by atoms with E-state index in [9.17, 15) is 0 Å². The maximum absolute atomic E-state index is 4.23. The van der Waals surface area contributed by atoms with Gasteiger partial charge in [0.25, 0.3) is 0 Å². The lowest BCUT2D eigenvalue weighted by Crippen LogP contribution is -2.04. The lowest BCUT2D eigenvalue weighted by Gasteiger charge is -2.02. The second kappa shape index (κ2) is 16.7. The van der Waals surface area contributed by atoms with Crippen LogP contribution >= 0.6 is 0 Å². The third-order valence-corrected chi connectivity index (χ3v) is 1.67. The van der Waals surface area contributed by atoms with Crippen LogP contribution in [0.15, 0.2) is 60.2 Å². The van der Waals surface area contributed by atoms with Crippen molar-refractivity contribution in [3.63, 3.8) is 0 Å². The van der Waals surface area contributed by atoms with Crippen LogP contribution < -0.4 is 0 Å². The molecule has 0 radical (unpaired) electrons. The van der Waals surface area contributed by atoms with Crippen LogP contribution in [-0.4, -0.2) is 18.5 Å². The van der Waals surface area contributed by atoms with Gasteiger partial charge in [-0.05, 0) is 18.9 Å². The van der Waals surface area contributed by atoms with E-state index in [4.69, 9.17) is 0 Å². The SMILES string of the molecule is C=C.C=C/C=C\C=NCC1=NC=CCC1.CC. The predicted octanol–water partition coefficient (Wildman–Crippen LogP) is 4.38. The summed E-state index contributed by atoms with van der Waals surface area (Å²) in [7, 11) is 0. The van der Waals surface area contributed by atoms with Crippen molar-refractivity contribution in [3.8, 4) is 0 Å². The Morgan fingerprint density at radius 3 is 2.59 bits per heavy atom. The number of allylic oxidation sites excluding steroid dienone is 4. The minimum Gasteiger partial charge on any atom is -0.287 e. The Morgan fingerprint density at radius 2 is 2.06 bits per heavy atom. The lowest BCUT2D eigenvalue weighted by molar-refractivity contribution is 1.03. The summed E-state index contributed by atoms with van der Waals surface area (Å²) in [6.45, 7) is 14.3. The first-order valence-corrected chi connectivity index (χ1v) is 5.91. The van der Waals surface area contributed by atoms with Gasteiger partial charge in [0.1, 0.15) is 0 Å². The van der Waals surface area contributed by atoms with Crippen molar-refractivity contribution in [1.29, 1.82) is 0 Å². The zero-order valence-electron chi connectivity index (χ0n) is 11.1. The van der Waals surface area contributed by atoms with Gasteiger partial charge in [0.15, 0.2) is 0 Å². The van der Waals surface area contributed by atoms with Crippen LogP contribution in [-0.2, 0) is 0 Å². The number of hydrogen-bond donors (Lipinski definition) is 0. The molecule has 1 rings (SSSR count). The molecule has 2 nitrogen and oxygen atoms in total. The average molecular weight is 232 g/mol. The molecule has 0 N–H and O–H groups in total. The zero-order valence-corrected chi connectivity index (χ0v) is 11.1. The van der Waals surface area contributed by atoms with Crippen LogP contribution in [0.2, 0.25) is 0 Å². The first-order valence-electron chi connectivity index (χ1n) is 5.91. The fraction of sp³-hybridized carbons (Fsp3) is 0.333. The fourth-order valence-electron chi connectivity index (χ4n) is 1.01. The Bertz CT molecular complexity index is 283. The van der Waals surface area contributed by atoms with Crippen molar-refractivity contribution in [2.24, 2.45) is 9.98 Å². The quantitative estimate of drug-likeness (QED) is 0.390. The standard InChI is InChI=1S/C11H14N2.C2H6.C2H4/c1-2-3-5-8-12-10-11-7-4-6-9-13-11;2*1-2/h2-3,5-6,8-9H,1,4,7,10H2;1-2H3;1-2H2/b5-3-,12-8?;;. The summed E-state index contributed by atoms with van der Waals surface area (Å²) < 4.78 is 0. The molecule has 0 unspecified atom stereocenters. The Kier molecular flexibility index (Phi) is 17.4. The Morgan fingerprint density at radius 1 is 1.35 bits per heavy atom. The van der Waals surface area contributed by atoms with Gasteiger partial charge in [0.05, 0.1) is 6.54 Å². The van der Waals surface area contributed by atoms with Crippen LogP contribution in [0.5, 0.6) is 0 Å². The molecule has 0 aromatic heterocycles. The van der Waals surface area contributed by atoms with Gasteiger partial charge in [-0.2, -0.15) is 0 Å². The van der Waals surface area contributed by atoms with E-state index < -0.39 is 0 Å². The molecule has 0 atom stereocenters. The van der Waals surface area contributed by atoms with E-state index in [2.05, 4.69) is 35.8 Å². The number of aliphatic imine (C=N–C) groups is 2. The van der Waals surface area contributed by atoms with E-state index in [1.165, 1.54) is 0 Å². The van der Waals surface area contributed by atoms with Gasteiger partial charge in [-0.1, -0.05) is 38.7 Å². The molecule has 0 aromatic rings. The van der Waals surface area contributed by atoms with Gasteiger partial charge in [0.2, 0.25) is 0 Å². The molecule has 1 heterocycles. The minimum absolute atomic E-state index is 0.714. The van der Waals surface area contributed by atoms with Gasteiger partial charge < -0.3 is 0 Å². The maximum atomic E-state index is 4.23. The van der Waals surface area contributed by atoms with Crippen molar-refractivity contribution in [3.05, 3.63) is 50.2 Å². The van der Waals surface area contributed by atoms with Crippen molar-refractivity contribution in [2.75, 3.05) is 6.54 Å². The molecule has 1 aliphatic heterocycles. The van der Waals surface area contributed by atoms with Crippen molar-refractivity contribution in [2.45, 2.75) is 26.7 Å². The molecule has 0 amide bonds. The second-order valence-corrected chi connectivity index (χ2v) is 2.73. The lowest BCUT2D eigenvalue weighted by atomic mass is 10.2. The Labute approximate surface area is 106 Å². The third-order valence-electron chi connectivity index (χ3n) is 1.67. The highest BCUT2D eigenvalue weighted by molar-refractivity contribution is 5.89. The highest BCUT2D eigenvalue weighted by atomic mass is 14.8. The van der Waals surface area contributed by atoms with Crippen LogP contribution in [0, 0.1) is 0 Å². The molecule has 0 fully saturated rings. The first-order chi connectivity index (χ1) is 8.43. The molecule has 1 aliphatic rings. The van der Waals surface area contributed by atoms with Crippen molar-refractivity contribution in [1.82, 2.24) is 0 Å². The molecular formula is C15H24N2. The van der Waals surface area contributed by atoms with E-state index in [0.29, 0.717) is 6.54 Å². The van der Waals surface area contributed by atoms with Crippen LogP contribution in [0.1, 0.15) is 26.7 Å². The first kappa shape index (κ1) is 17.7. The minimum atomic E-state index is 0.714. The molecule has 0 spiro atoms. The Balaban J connectivity index is 0. The van der Waals surface area contributed by atoms with Crippen LogP contribution in [0.25, 0.3) is 0 Å². The van der Waals surface area contributed by atoms with Gasteiger partial charge in [0, 0.05) is 18.1 Å². The highest BCUT2D eigenvalue weighted by Crippen LogP contribution is 2.02. The summed E-state index contributed by atoms with van der Waals surface area (Å²) in [6, 6.07) is 0. The average Bonchev–Trinajstić information content (AvgIpc) is 2.44. The topological polar surface area (TPSA) is 24.7 Å². The van der Waals surface area contributed by atoms with Gasteiger partial charge in [-0.25, -0.2) is 0 Å². The van der Waals surface area contributed by atoms with Crippen LogP contribution in [0.3, 0.4) is 0 Å². The normalized spacial score (nSPS) is 13.4. The summed E-state index contributed by atoms with van der Waals surface area (Å²) >= 11 is 0. The monoisotopic (exact) mass is 232 g/mol. The fourth-order valence-corrected chi connectivity index (χ4v) is 1.01. The van der Waals surface area contributed by atoms with Gasteiger partial charge >= 0.3 is 0 Å². The molecule has 0 aliphatic carbocycles. The van der Waals surface area contributed by atoms with Crippen molar-refractivity contribution < 1.29 is 0 Å². The van der Waals surface area contributed by atoms with Gasteiger partial charge in [-0.3, -0.25) is 9.98 Å². The van der Waals surface area contributed by atoms with Gasteiger partial charge in [-0.15, -0.1) is 13.2 Å². The highest BCUT2D eigenvalue weighted by Gasteiger charge is 1.98. The predicted molar refractivity (Wildman–Crippen MR) is 81.1 cm³/mol. The van der Waals surface area contributed by atoms with E-state index >= 15 is 0 Å². The molecule has 94 valence electrons. The van der Waals surface area contributed by atoms with E-state index in [0.717, 1.165) is 18.6 Å². The van der Waals surface area contributed by atoms with E-state index in [1.807, 2.05) is 32.2 Å². The molecule has 2 heteroatoms. The molecular weight excluding hydrogens is 208 g/mol. The van der Waals surface area contributed by atoms with Crippen LogP contribution in [0.4, 0.5) is 0 Å². The van der Waals surface area contributed by atoms with Crippen molar-refractivity contribution >= 4 is 11.9 Å². The Hall–Kier alpha value is -1.70. The summed E-state index contributed by atoms with van der Waals surface area (Å²) in [5, 5.41) is 0. The zero-order chi connectivity index (χ0) is 13.4. The number of nitrogens with zero attached hydrogens (tertiary/aromatic N) is 2. The molecule has 0 saturated carbocycles. The molecule has 0 aromatic carbocycles. The molecule has 17 heavy (non-hydrogen) atoms. The maximum Gasteiger partial charge on any atom is 0.0772 e. The summed E-state index contributed by atoms with van der Waals surface area (Å²) in [4.78, 5) is 8.43. The largest absolute Gasteiger partial charge is 0.287 e. The molecule has 0 bridgehead atoms. The summed E-state index contributed by atoms with van der Waals surface area (Å²) in [5.74, 6) is 0. The van der Waals surface area contributed by atoms with E-state index in [-0.39, 0.29) is 0 Å².